The number of nitrogens with zero attached hydrogens (tertiary/aromatic N) is 1. The number of aliphatic hydroxyl groups is 1. The zero-order valence-electron chi connectivity index (χ0n) is 12.6. The van der Waals surface area contributed by atoms with Crippen molar-refractivity contribution in [2.45, 2.75) is 39.0 Å². The Balaban J connectivity index is 1.96. The third kappa shape index (κ3) is 3.52. The summed E-state index contributed by atoms with van der Waals surface area (Å²) in [6.07, 6.45) is 1.89. The molecule has 1 aliphatic rings. The minimum absolute atomic E-state index is 0.301. The fourth-order valence-electron chi connectivity index (χ4n) is 3.22. The van der Waals surface area contributed by atoms with Crippen LogP contribution < -0.4 is 0 Å². The van der Waals surface area contributed by atoms with Crippen molar-refractivity contribution in [1.29, 1.82) is 0 Å². The maximum atomic E-state index is 9.79. The lowest BCUT2D eigenvalue weighted by Crippen LogP contribution is -2.30. The molecule has 0 aliphatic carbocycles. The van der Waals surface area contributed by atoms with Gasteiger partial charge in [0.25, 0.3) is 0 Å². The van der Waals surface area contributed by atoms with Crippen LogP contribution in [0, 0.1) is 0 Å². The van der Waals surface area contributed by atoms with Crippen molar-refractivity contribution in [2.24, 2.45) is 0 Å². The Labute approximate surface area is 127 Å². The van der Waals surface area contributed by atoms with E-state index >= 15 is 0 Å². The second-order valence-electron chi connectivity index (χ2n) is 6.06. The van der Waals surface area contributed by atoms with Gasteiger partial charge in [-0.3, -0.25) is 4.90 Å². The van der Waals surface area contributed by atoms with E-state index < -0.39 is 0 Å². The molecule has 2 aromatic carbocycles. The quantitative estimate of drug-likeness (QED) is 0.914. The molecule has 0 saturated carbocycles. The summed E-state index contributed by atoms with van der Waals surface area (Å²) in [5.41, 5.74) is 5.66. The molecule has 0 spiro atoms. The summed E-state index contributed by atoms with van der Waals surface area (Å²) in [5, 5.41) is 9.79. The summed E-state index contributed by atoms with van der Waals surface area (Å²) in [6, 6.07) is 17.4. The summed E-state index contributed by atoms with van der Waals surface area (Å²) in [6.45, 7) is 4.40. The number of fused-ring (bicyclic) bond motifs is 2. The first kappa shape index (κ1) is 14.3. The van der Waals surface area contributed by atoms with Crippen molar-refractivity contribution < 1.29 is 5.11 Å². The van der Waals surface area contributed by atoms with Crippen LogP contribution in [0.15, 0.2) is 48.5 Å². The molecule has 1 aliphatic heterocycles. The van der Waals surface area contributed by atoms with Gasteiger partial charge in [0.2, 0.25) is 0 Å². The van der Waals surface area contributed by atoms with Gasteiger partial charge in [-0.2, -0.15) is 0 Å². The molecular weight excluding hydrogens is 258 g/mol. The van der Waals surface area contributed by atoms with E-state index in [4.69, 9.17) is 0 Å². The van der Waals surface area contributed by atoms with Crippen LogP contribution in [-0.2, 0) is 25.9 Å². The first-order chi connectivity index (χ1) is 10.2. The highest BCUT2D eigenvalue weighted by atomic mass is 16.3. The number of hydrogen-bond acceptors (Lipinski definition) is 2. The molecule has 2 nitrogen and oxygen atoms in total. The SMILES string of the molecule is CC(O)CN1Cc2ccccc2CCc2ccccc2C1. The Morgan fingerprint density at radius 2 is 1.29 bits per heavy atom. The zero-order valence-corrected chi connectivity index (χ0v) is 12.6. The van der Waals surface area contributed by atoms with Gasteiger partial charge in [-0.15, -0.1) is 0 Å². The van der Waals surface area contributed by atoms with Crippen molar-refractivity contribution in [1.82, 2.24) is 4.90 Å². The monoisotopic (exact) mass is 281 g/mol. The van der Waals surface area contributed by atoms with E-state index in [-0.39, 0.29) is 6.10 Å². The first-order valence-electron chi connectivity index (χ1n) is 7.76. The minimum atomic E-state index is -0.301. The van der Waals surface area contributed by atoms with E-state index in [0.29, 0.717) is 6.54 Å². The largest absolute Gasteiger partial charge is 0.392 e. The predicted molar refractivity (Wildman–Crippen MR) is 86.1 cm³/mol. The number of aliphatic hydroxyl groups excluding tert-OH is 1. The van der Waals surface area contributed by atoms with Gasteiger partial charge in [-0.25, -0.2) is 0 Å². The summed E-state index contributed by atoms with van der Waals surface area (Å²) < 4.78 is 0. The van der Waals surface area contributed by atoms with Crippen LogP contribution in [0.3, 0.4) is 0 Å². The third-order valence-corrected chi connectivity index (χ3v) is 4.21. The summed E-state index contributed by atoms with van der Waals surface area (Å²) in [5.74, 6) is 0. The van der Waals surface area contributed by atoms with Gasteiger partial charge in [-0.1, -0.05) is 48.5 Å². The summed E-state index contributed by atoms with van der Waals surface area (Å²) >= 11 is 0. The highest BCUT2D eigenvalue weighted by Gasteiger charge is 2.16. The molecule has 1 N–H and O–H groups in total. The minimum Gasteiger partial charge on any atom is -0.392 e. The molecule has 110 valence electrons. The summed E-state index contributed by atoms with van der Waals surface area (Å²) in [7, 11) is 0. The topological polar surface area (TPSA) is 23.5 Å². The Bertz CT molecular complexity index is 557. The number of aryl methyl sites for hydroxylation is 2. The van der Waals surface area contributed by atoms with Gasteiger partial charge in [0.15, 0.2) is 0 Å². The number of β-amino-alcohol motifs (C(OH)–C–C–N with tert-alkyl or cyclic N) is 1. The molecule has 0 fully saturated rings. The molecule has 0 amide bonds. The van der Waals surface area contributed by atoms with E-state index in [0.717, 1.165) is 25.9 Å². The van der Waals surface area contributed by atoms with Crippen molar-refractivity contribution in [3.05, 3.63) is 70.8 Å². The lowest BCUT2D eigenvalue weighted by Gasteiger charge is -2.24. The van der Waals surface area contributed by atoms with Crippen LogP contribution in [0.2, 0.25) is 0 Å². The zero-order chi connectivity index (χ0) is 14.7. The molecule has 0 saturated heterocycles. The van der Waals surface area contributed by atoms with Crippen LogP contribution >= 0.6 is 0 Å². The van der Waals surface area contributed by atoms with Gasteiger partial charge in [0.1, 0.15) is 0 Å². The van der Waals surface area contributed by atoms with E-state index in [2.05, 4.69) is 53.4 Å². The number of rotatable bonds is 2. The fraction of sp³-hybridized carbons (Fsp3) is 0.368. The average molecular weight is 281 g/mol. The Hall–Kier alpha value is -1.64. The second kappa shape index (κ2) is 6.42. The maximum Gasteiger partial charge on any atom is 0.0639 e. The summed E-state index contributed by atoms with van der Waals surface area (Å²) in [4.78, 5) is 2.35. The molecular formula is C19H23NO. The predicted octanol–water partition coefficient (Wildman–Crippen LogP) is 3.17. The Kier molecular flexibility index (Phi) is 4.37. The van der Waals surface area contributed by atoms with Gasteiger partial charge < -0.3 is 5.11 Å². The smallest absolute Gasteiger partial charge is 0.0639 e. The van der Waals surface area contributed by atoms with E-state index in [1.165, 1.54) is 22.3 Å². The molecule has 0 radical (unpaired) electrons. The third-order valence-electron chi connectivity index (χ3n) is 4.21. The van der Waals surface area contributed by atoms with Gasteiger partial charge in [-0.05, 0) is 42.0 Å². The molecule has 1 unspecified atom stereocenters. The van der Waals surface area contributed by atoms with Gasteiger partial charge in [0, 0.05) is 19.6 Å². The normalized spacial score (nSPS) is 17.0. The van der Waals surface area contributed by atoms with Crippen molar-refractivity contribution in [3.63, 3.8) is 0 Å². The van der Waals surface area contributed by atoms with Crippen LogP contribution in [-0.4, -0.2) is 22.7 Å². The average Bonchev–Trinajstić information content (AvgIpc) is 2.53. The van der Waals surface area contributed by atoms with Crippen LogP contribution in [0.1, 0.15) is 29.2 Å². The van der Waals surface area contributed by atoms with Gasteiger partial charge in [0.05, 0.1) is 6.10 Å². The van der Waals surface area contributed by atoms with Gasteiger partial charge >= 0.3 is 0 Å². The molecule has 0 bridgehead atoms. The highest BCUT2D eigenvalue weighted by Crippen LogP contribution is 2.22. The fourth-order valence-corrected chi connectivity index (χ4v) is 3.22. The van der Waals surface area contributed by atoms with Crippen LogP contribution in [0.4, 0.5) is 0 Å². The maximum absolute atomic E-state index is 9.79. The van der Waals surface area contributed by atoms with Crippen LogP contribution in [0.25, 0.3) is 0 Å². The number of benzene rings is 2. The number of hydrogen-bond donors (Lipinski definition) is 1. The second-order valence-corrected chi connectivity index (χ2v) is 6.06. The highest BCUT2D eigenvalue weighted by molar-refractivity contribution is 5.33. The van der Waals surface area contributed by atoms with E-state index in [9.17, 15) is 5.11 Å². The molecule has 0 aromatic heterocycles. The van der Waals surface area contributed by atoms with Crippen molar-refractivity contribution >= 4 is 0 Å². The van der Waals surface area contributed by atoms with Crippen molar-refractivity contribution in [2.75, 3.05) is 6.54 Å². The molecule has 3 rings (SSSR count). The Morgan fingerprint density at radius 1 is 0.857 bits per heavy atom. The van der Waals surface area contributed by atoms with Crippen LogP contribution in [0.5, 0.6) is 0 Å². The lowest BCUT2D eigenvalue weighted by atomic mass is 9.98. The Morgan fingerprint density at radius 3 is 1.71 bits per heavy atom. The molecule has 2 aromatic rings. The molecule has 21 heavy (non-hydrogen) atoms. The molecule has 1 atom stereocenters. The first-order valence-corrected chi connectivity index (χ1v) is 7.76. The standard InChI is InChI=1S/C19H23NO/c1-15(21)12-20-13-18-8-4-2-6-16(18)10-11-17-7-3-5-9-19(17)14-20/h2-9,15,21H,10-14H2,1H3. The lowest BCUT2D eigenvalue weighted by molar-refractivity contribution is 0.118. The van der Waals surface area contributed by atoms with E-state index in [1.807, 2.05) is 6.92 Å². The molecule has 2 heteroatoms. The molecule has 1 heterocycles. The van der Waals surface area contributed by atoms with Crippen molar-refractivity contribution in [3.8, 4) is 0 Å². The van der Waals surface area contributed by atoms with E-state index in [1.54, 1.807) is 0 Å².